The number of nitrogens with one attached hydrogen (secondary N) is 1. The molecule has 0 bridgehead atoms. The van der Waals surface area contributed by atoms with Gasteiger partial charge >= 0.3 is 0 Å². The lowest BCUT2D eigenvalue weighted by molar-refractivity contribution is 0.198. The summed E-state index contributed by atoms with van der Waals surface area (Å²) in [5.74, 6) is 3.65. The van der Waals surface area contributed by atoms with Gasteiger partial charge in [0.2, 0.25) is 0 Å². The van der Waals surface area contributed by atoms with E-state index >= 15 is 0 Å². The van der Waals surface area contributed by atoms with Crippen LogP contribution < -0.4 is 5.32 Å². The van der Waals surface area contributed by atoms with Crippen LogP contribution in [0.2, 0.25) is 0 Å². The maximum absolute atomic E-state index is 5.44. The van der Waals surface area contributed by atoms with Crippen molar-refractivity contribution in [3.8, 4) is 10.8 Å². The summed E-state index contributed by atoms with van der Waals surface area (Å²) < 4.78 is 7.76. The third-order valence-electron chi connectivity index (χ3n) is 5.27. The van der Waals surface area contributed by atoms with E-state index in [1.54, 1.807) is 17.6 Å². The van der Waals surface area contributed by atoms with E-state index in [1.807, 2.05) is 12.1 Å². The number of rotatable bonds is 4. The molecule has 1 saturated heterocycles. The lowest BCUT2D eigenvalue weighted by atomic mass is 9.95. The molecule has 0 unspecified atom stereocenters. The Hall–Kier alpha value is -1.74. The number of thiazole rings is 1. The summed E-state index contributed by atoms with van der Waals surface area (Å²) in [6.07, 6.45) is 3.97. The Balaban J connectivity index is 0.00000180. The van der Waals surface area contributed by atoms with Crippen molar-refractivity contribution in [2.24, 2.45) is 0 Å². The predicted octanol–water partition coefficient (Wildman–Crippen LogP) is 2.90. The van der Waals surface area contributed by atoms with Crippen LogP contribution in [0.1, 0.15) is 36.1 Å². The number of fused-ring (bicyclic) bond motifs is 1. The highest BCUT2D eigenvalue weighted by Crippen LogP contribution is 2.29. The van der Waals surface area contributed by atoms with Gasteiger partial charge in [0, 0.05) is 30.9 Å². The molecule has 0 spiro atoms. The molecule has 3 aromatic heterocycles. The quantitative estimate of drug-likeness (QED) is 0.718. The minimum Gasteiger partial charge on any atom is -0.462 e. The average Bonchev–Trinajstić information content (AvgIpc) is 3.43. The fourth-order valence-corrected chi connectivity index (χ4v) is 4.67. The van der Waals surface area contributed by atoms with Crippen LogP contribution in [0.4, 0.5) is 0 Å². The number of halogens is 1. The number of likely N-dealkylation sites (tertiary alicyclic amines) is 1. The first kappa shape index (κ1) is 18.6. The summed E-state index contributed by atoms with van der Waals surface area (Å²) in [5, 5.41) is 15.3. The van der Waals surface area contributed by atoms with Gasteiger partial charge in [-0.15, -0.1) is 33.9 Å². The van der Waals surface area contributed by atoms with E-state index in [-0.39, 0.29) is 12.4 Å². The van der Waals surface area contributed by atoms with Gasteiger partial charge in [-0.3, -0.25) is 4.90 Å². The highest BCUT2D eigenvalue weighted by molar-refractivity contribution is 7.13. The molecule has 2 aliphatic rings. The molecule has 5 rings (SSSR count). The summed E-state index contributed by atoms with van der Waals surface area (Å²) in [5.41, 5.74) is 1.13. The van der Waals surface area contributed by atoms with E-state index in [4.69, 9.17) is 9.40 Å². The van der Waals surface area contributed by atoms with Gasteiger partial charge in [-0.2, -0.15) is 0 Å². The van der Waals surface area contributed by atoms with Crippen LogP contribution >= 0.6 is 23.7 Å². The Bertz CT molecular complexity index is 868. The van der Waals surface area contributed by atoms with Crippen molar-refractivity contribution >= 4 is 23.7 Å². The van der Waals surface area contributed by atoms with E-state index in [2.05, 4.69) is 30.4 Å². The van der Waals surface area contributed by atoms with E-state index in [9.17, 15) is 0 Å². The van der Waals surface area contributed by atoms with Crippen LogP contribution in [-0.2, 0) is 19.6 Å². The van der Waals surface area contributed by atoms with Gasteiger partial charge in [-0.25, -0.2) is 4.98 Å². The fourth-order valence-electron chi connectivity index (χ4n) is 3.89. The number of aromatic nitrogens is 4. The van der Waals surface area contributed by atoms with Crippen LogP contribution in [0, 0.1) is 0 Å². The molecule has 27 heavy (non-hydrogen) atoms. The van der Waals surface area contributed by atoms with E-state index in [1.165, 1.54) is 5.82 Å². The summed E-state index contributed by atoms with van der Waals surface area (Å²) >= 11 is 1.65. The lowest BCUT2D eigenvalue weighted by Gasteiger charge is -2.31. The monoisotopic (exact) mass is 406 g/mol. The molecule has 7 nitrogen and oxygen atoms in total. The van der Waals surface area contributed by atoms with Crippen LogP contribution in [0.25, 0.3) is 10.8 Å². The topological polar surface area (TPSA) is 72.0 Å². The largest absolute Gasteiger partial charge is 0.462 e. The van der Waals surface area contributed by atoms with Gasteiger partial charge in [0.25, 0.3) is 0 Å². The van der Waals surface area contributed by atoms with E-state index < -0.39 is 0 Å². The molecule has 0 saturated carbocycles. The molecule has 5 heterocycles. The van der Waals surface area contributed by atoms with E-state index in [0.717, 1.165) is 74.4 Å². The van der Waals surface area contributed by atoms with Crippen molar-refractivity contribution in [1.29, 1.82) is 0 Å². The maximum Gasteiger partial charge on any atom is 0.162 e. The number of hydrogen-bond acceptors (Lipinski definition) is 7. The molecule has 0 amide bonds. The summed E-state index contributed by atoms with van der Waals surface area (Å²) in [6, 6.07) is 3.86. The molecule has 144 valence electrons. The van der Waals surface area contributed by atoms with Crippen LogP contribution in [0.3, 0.4) is 0 Å². The van der Waals surface area contributed by atoms with Gasteiger partial charge in [-0.05, 0) is 38.1 Å². The van der Waals surface area contributed by atoms with Crippen molar-refractivity contribution < 1.29 is 4.42 Å². The highest BCUT2D eigenvalue weighted by atomic mass is 35.5. The van der Waals surface area contributed by atoms with E-state index in [0.29, 0.717) is 5.92 Å². The zero-order valence-corrected chi connectivity index (χ0v) is 16.6. The molecule has 1 fully saturated rings. The minimum atomic E-state index is 0. The first-order valence-electron chi connectivity index (χ1n) is 9.20. The van der Waals surface area contributed by atoms with Crippen molar-refractivity contribution in [2.45, 2.75) is 38.4 Å². The summed E-state index contributed by atoms with van der Waals surface area (Å²) in [7, 11) is 0. The number of hydrogen-bond donors (Lipinski definition) is 1. The normalized spacial score (nSPS) is 18.2. The average molecular weight is 407 g/mol. The third-order valence-corrected chi connectivity index (χ3v) is 6.18. The first-order valence-corrected chi connectivity index (χ1v) is 10.1. The Morgan fingerprint density at radius 2 is 2.11 bits per heavy atom. The summed E-state index contributed by atoms with van der Waals surface area (Å²) in [6.45, 7) is 5.92. The van der Waals surface area contributed by atoms with Gasteiger partial charge in [0.15, 0.2) is 10.8 Å². The maximum atomic E-state index is 5.44. The zero-order chi connectivity index (χ0) is 17.3. The van der Waals surface area contributed by atoms with Crippen LogP contribution in [0.5, 0.6) is 0 Å². The molecule has 9 heteroatoms. The molecule has 0 atom stereocenters. The van der Waals surface area contributed by atoms with Gasteiger partial charge < -0.3 is 14.3 Å². The Kier molecular flexibility index (Phi) is 5.58. The van der Waals surface area contributed by atoms with Crippen molar-refractivity contribution in [3.63, 3.8) is 0 Å². The van der Waals surface area contributed by atoms with Crippen LogP contribution in [-0.4, -0.2) is 44.3 Å². The fraction of sp³-hybridized carbons (Fsp3) is 0.500. The van der Waals surface area contributed by atoms with Crippen LogP contribution in [0.15, 0.2) is 28.2 Å². The molecule has 3 aromatic rings. The SMILES string of the molecule is Cl.c1coc(-c2nc(CN3CCC(c4nnc5n4CCNC5)CC3)cs2)c1. The first-order chi connectivity index (χ1) is 12.9. The Morgan fingerprint density at radius 3 is 2.93 bits per heavy atom. The van der Waals surface area contributed by atoms with Crippen molar-refractivity contribution in [3.05, 3.63) is 41.1 Å². The van der Waals surface area contributed by atoms with Gasteiger partial charge in [0.1, 0.15) is 11.6 Å². The number of nitrogens with zero attached hydrogens (tertiary/aromatic N) is 5. The Labute approximate surface area is 168 Å². The van der Waals surface area contributed by atoms with Gasteiger partial charge in [-0.1, -0.05) is 0 Å². The second-order valence-electron chi connectivity index (χ2n) is 6.97. The Morgan fingerprint density at radius 1 is 1.22 bits per heavy atom. The molecule has 0 aliphatic carbocycles. The zero-order valence-electron chi connectivity index (χ0n) is 15.0. The predicted molar refractivity (Wildman–Crippen MR) is 106 cm³/mol. The smallest absolute Gasteiger partial charge is 0.162 e. The highest BCUT2D eigenvalue weighted by Gasteiger charge is 2.27. The summed E-state index contributed by atoms with van der Waals surface area (Å²) in [4.78, 5) is 7.22. The molecular weight excluding hydrogens is 384 g/mol. The number of piperidine rings is 1. The van der Waals surface area contributed by atoms with Crippen molar-refractivity contribution in [2.75, 3.05) is 19.6 Å². The lowest BCUT2D eigenvalue weighted by Crippen LogP contribution is -2.34. The third kappa shape index (κ3) is 3.80. The van der Waals surface area contributed by atoms with Gasteiger partial charge in [0.05, 0.1) is 18.5 Å². The molecule has 2 aliphatic heterocycles. The second-order valence-corrected chi connectivity index (χ2v) is 7.83. The second kappa shape index (κ2) is 8.10. The molecular formula is C18H23ClN6OS. The number of furan rings is 1. The van der Waals surface area contributed by atoms with Crippen molar-refractivity contribution in [1.82, 2.24) is 30.0 Å². The molecule has 0 aromatic carbocycles. The molecule has 0 radical (unpaired) electrons. The molecule has 1 N–H and O–H groups in total. The standard InChI is InChI=1S/C18H22N6OS.ClH/c1-2-15(25-9-1)18-20-14(12-26-18)11-23-6-3-13(4-7-23)17-22-21-16-10-19-5-8-24(16)17;/h1-2,9,12-13,19H,3-8,10-11H2;1H. The minimum absolute atomic E-state index is 0.